The first-order chi connectivity index (χ1) is 16.2. The number of ether oxygens (including phenoxy) is 1. The van der Waals surface area contributed by atoms with Gasteiger partial charge in [-0.3, -0.25) is 14.9 Å². The summed E-state index contributed by atoms with van der Waals surface area (Å²) >= 11 is 0. The Morgan fingerprint density at radius 1 is 1.12 bits per heavy atom. The highest BCUT2D eigenvalue weighted by atomic mass is 19.1. The van der Waals surface area contributed by atoms with E-state index in [9.17, 15) is 28.3 Å². The molecule has 0 bridgehead atoms. The van der Waals surface area contributed by atoms with Crippen molar-refractivity contribution in [2.45, 2.75) is 57.8 Å². The molecule has 2 aromatic carbocycles. The molecular formula is C25H28F2N2O5. The molecule has 0 fully saturated rings. The molecule has 3 atom stereocenters. The molecule has 7 nitrogen and oxygen atoms in total. The molecule has 2 N–H and O–H groups in total. The monoisotopic (exact) mass is 474 g/mol. The Morgan fingerprint density at radius 3 is 2.44 bits per heavy atom. The van der Waals surface area contributed by atoms with E-state index in [-0.39, 0.29) is 25.4 Å². The number of hydrogen-bond acceptors (Lipinski definition) is 5. The van der Waals surface area contributed by atoms with Crippen molar-refractivity contribution < 1.29 is 33.0 Å². The van der Waals surface area contributed by atoms with Gasteiger partial charge in [-0.2, -0.15) is 0 Å². The highest BCUT2D eigenvalue weighted by Gasteiger charge is 2.37. The van der Waals surface area contributed by atoms with E-state index < -0.39 is 41.8 Å². The lowest BCUT2D eigenvalue weighted by atomic mass is 9.93. The zero-order chi connectivity index (χ0) is 24.8. The Morgan fingerprint density at radius 2 is 1.79 bits per heavy atom. The van der Waals surface area contributed by atoms with Crippen LogP contribution in [0.25, 0.3) is 0 Å². The highest BCUT2D eigenvalue weighted by Crippen LogP contribution is 2.25. The zero-order valence-electron chi connectivity index (χ0n) is 19.1. The zero-order valence-corrected chi connectivity index (χ0v) is 19.1. The van der Waals surface area contributed by atoms with Crippen molar-refractivity contribution in [3.8, 4) is 0 Å². The topological polar surface area (TPSA) is 95.9 Å². The third-order valence-electron chi connectivity index (χ3n) is 5.89. The third kappa shape index (κ3) is 6.17. The van der Waals surface area contributed by atoms with Crippen LogP contribution in [-0.2, 0) is 38.5 Å². The van der Waals surface area contributed by atoms with Crippen molar-refractivity contribution in [3.05, 3.63) is 70.8 Å². The van der Waals surface area contributed by atoms with Gasteiger partial charge in [-0.05, 0) is 67.6 Å². The summed E-state index contributed by atoms with van der Waals surface area (Å²) in [6.45, 7) is 3.42. The number of carboxylic acid groups (broad SMARTS) is 1. The lowest BCUT2D eigenvalue weighted by Gasteiger charge is -2.36. The minimum atomic E-state index is -1.19. The Bertz CT molecular complexity index is 1040. The maximum absolute atomic E-state index is 13.6. The van der Waals surface area contributed by atoms with Crippen LogP contribution in [-0.4, -0.2) is 52.6 Å². The first kappa shape index (κ1) is 25.3. The van der Waals surface area contributed by atoms with Crippen molar-refractivity contribution in [2.24, 2.45) is 0 Å². The molecule has 1 aliphatic rings. The molecule has 0 radical (unpaired) electrons. The Labute approximate surface area is 196 Å². The number of carbonyl (C=O) groups is 3. The second-order valence-electron chi connectivity index (χ2n) is 8.30. The van der Waals surface area contributed by atoms with Crippen molar-refractivity contribution >= 4 is 17.8 Å². The van der Waals surface area contributed by atoms with Gasteiger partial charge in [0.25, 0.3) is 0 Å². The summed E-state index contributed by atoms with van der Waals surface area (Å²) in [5, 5.41) is 12.7. The first-order valence-corrected chi connectivity index (χ1v) is 11.2. The van der Waals surface area contributed by atoms with Gasteiger partial charge in [0.15, 0.2) is 0 Å². The molecule has 2 unspecified atom stereocenters. The van der Waals surface area contributed by atoms with Gasteiger partial charge in [0, 0.05) is 13.0 Å². The average molecular weight is 475 g/mol. The second-order valence-corrected chi connectivity index (χ2v) is 8.30. The van der Waals surface area contributed by atoms with Crippen molar-refractivity contribution in [1.82, 2.24) is 10.2 Å². The van der Waals surface area contributed by atoms with E-state index in [4.69, 9.17) is 4.74 Å². The smallest absolute Gasteiger partial charge is 0.326 e. The number of rotatable bonds is 9. The number of fused-ring (bicyclic) bond motifs is 1. The summed E-state index contributed by atoms with van der Waals surface area (Å²) in [5.74, 6) is -3.02. The van der Waals surface area contributed by atoms with Crippen LogP contribution in [0.4, 0.5) is 8.78 Å². The fourth-order valence-electron chi connectivity index (χ4n) is 4.10. The molecular weight excluding hydrogens is 446 g/mol. The molecule has 0 saturated carbocycles. The van der Waals surface area contributed by atoms with Gasteiger partial charge in [-0.15, -0.1) is 0 Å². The van der Waals surface area contributed by atoms with Gasteiger partial charge in [-0.25, -0.2) is 13.6 Å². The van der Waals surface area contributed by atoms with Crippen LogP contribution in [0.2, 0.25) is 0 Å². The Kier molecular flexibility index (Phi) is 8.33. The van der Waals surface area contributed by atoms with Crippen molar-refractivity contribution in [3.63, 3.8) is 0 Å². The number of aliphatic carboxylic acids is 1. The fraction of sp³-hybridized carbons (Fsp3) is 0.400. The molecule has 182 valence electrons. The normalized spacial score (nSPS) is 16.9. The Balaban J connectivity index is 1.73. The first-order valence-electron chi connectivity index (χ1n) is 11.2. The van der Waals surface area contributed by atoms with Gasteiger partial charge in [0.1, 0.15) is 23.7 Å². The van der Waals surface area contributed by atoms with E-state index in [0.29, 0.717) is 24.0 Å². The summed E-state index contributed by atoms with van der Waals surface area (Å²) in [6.07, 6.45) is 0.734. The van der Waals surface area contributed by atoms with E-state index in [0.717, 1.165) is 5.56 Å². The van der Waals surface area contributed by atoms with E-state index in [2.05, 4.69) is 5.32 Å². The number of hydrogen-bond donors (Lipinski definition) is 2. The van der Waals surface area contributed by atoms with Crippen LogP contribution in [0.15, 0.2) is 42.5 Å². The fourth-order valence-corrected chi connectivity index (χ4v) is 4.10. The van der Waals surface area contributed by atoms with Crippen molar-refractivity contribution in [2.75, 3.05) is 6.61 Å². The van der Waals surface area contributed by atoms with Crippen LogP contribution >= 0.6 is 0 Å². The predicted octanol–water partition coefficient (Wildman–Crippen LogP) is 2.85. The molecule has 3 rings (SSSR count). The van der Waals surface area contributed by atoms with Crippen LogP contribution in [0.1, 0.15) is 37.0 Å². The number of carboxylic acids is 1. The lowest BCUT2D eigenvalue weighted by Crippen LogP contribution is -2.56. The van der Waals surface area contributed by atoms with Crippen LogP contribution in [0.5, 0.6) is 0 Å². The van der Waals surface area contributed by atoms with Crippen LogP contribution < -0.4 is 5.32 Å². The summed E-state index contributed by atoms with van der Waals surface area (Å²) in [4.78, 5) is 38.9. The van der Waals surface area contributed by atoms with Gasteiger partial charge < -0.3 is 14.7 Å². The molecule has 1 aliphatic heterocycles. The van der Waals surface area contributed by atoms with E-state index in [1.165, 1.54) is 29.2 Å². The van der Waals surface area contributed by atoms with Gasteiger partial charge >= 0.3 is 11.9 Å². The minimum absolute atomic E-state index is 0.00718. The standard InChI is InChI=1S/C25H28F2N2O5/c1-3-34-25(33)21(11-6-16-4-8-19(26)9-5-16)28-15(2)23(30)29-14-17-7-10-20(27)12-18(17)13-22(29)24(31)32/h4-5,7-10,12,15,21-22,28H,3,6,11,13-14H2,1-2H3,(H,31,32)/t15?,21?,22-/m0/s1. The van der Waals surface area contributed by atoms with Gasteiger partial charge in [-0.1, -0.05) is 18.2 Å². The molecule has 1 heterocycles. The number of nitrogens with zero attached hydrogens (tertiary/aromatic N) is 1. The number of aryl methyl sites for hydroxylation is 1. The minimum Gasteiger partial charge on any atom is -0.480 e. The summed E-state index contributed by atoms with van der Waals surface area (Å²) in [5.41, 5.74) is 2.06. The predicted molar refractivity (Wildman–Crippen MR) is 120 cm³/mol. The third-order valence-corrected chi connectivity index (χ3v) is 5.89. The molecule has 2 aromatic rings. The van der Waals surface area contributed by atoms with Gasteiger partial charge in [0.05, 0.1) is 12.6 Å². The molecule has 9 heteroatoms. The lowest BCUT2D eigenvalue weighted by molar-refractivity contribution is -0.153. The number of halogens is 2. The maximum atomic E-state index is 13.6. The molecule has 1 amide bonds. The number of esters is 1. The summed E-state index contributed by atoms with van der Waals surface area (Å²) in [7, 11) is 0. The van der Waals surface area contributed by atoms with Gasteiger partial charge in [0.2, 0.25) is 5.91 Å². The van der Waals surface area contributed by atoms with E-state index in [1.54, 1.807) is 32.0 Å². The van der Waals surface area contributed by atoms with E-state index >= 15 is 0 Å². The maximum Gasteiger partial charge on any atom is 0.326 e. The van der Waals surface area contributed by atoms with Crippen LogP contribution in [0, 0.1) is 11.6 Å². The van der Waals surface area contributed by atoms with E-state index in [1.807, 2.05) is 0 Å². The summed E-state index contributed by atoms with van der Waals surface area (Å²) in [6, 6.07) is 7.18. The number of nitrogens with one attached hydrogen (secondary N) is 1. The Hall–Kier alpha value is -3.33. The number of benzene rings is 2. The summed E-state index contributed by atoms with van der Waals surface area (Å²) < 4.78 is 31.9. The largest absolute Gasteiger partial charge is 0.480 e. The van der Waals surface area contributed by atoms with Crippen LogP contribution in [0.3, 0.4) is 0 Å². The van der Waals surface area contributed by atoms with Crippen molar-refractivity contribution in [1.29, 1.82) is 0 Å². The molecule has 0 aromatic heterocycles. The quantitative estimate of drug-likeness (QED) is 0.543. The highest BCUT2D eigenvalue weighted by molar-refractivity contribution is 5.88. The number of carbonyl (C=O) groups excluding carboxylic acids is 2. The molecule has 0 spiro atoms. The molecule has 34 heavy (non-hydrogen) atoms. The molecule has 0 aliphatic carbocycles. The second kappa shape index (κ2) is 11.2. The molecule has 0 saturated heterocycles. The average Bonchev–Trinajstić information content (AvgIpc) is 2.81. The number of amides is 1. The SMILES string of the molecule is CCOC(=O)C(CCc1ccc(F)cc1)NC(C)C(=O)N1Cc2ccc(F)cc2C[C@H]1C(=O)O.